The van der Waals surface area contributed by atoms with Crippen molar-refractivity contribution in [3.8, 4) is 5.75 Å². The number of amides is 2. The first-order valence-electron chi connectivity index (χ1n) is 17.3. The summed E-state index contributed by atoms with van der Waals surface area (Å²) in [7, 11) is 0. The van der Waals surface area contributed by atoms with Crippen LogP contribution < -0.4 is 10.1 Å². The molecule has 14 heteroatoms. The van der Waals surface area contributed by atoms with Gasteiger partial charge in [-0.2, -0.15) is 13.2 Å². The average Bonchev–Trinajstić information content (AvgIpc) is 3.04. The van der Waals surface area contributed by atoms with Crippen LogP contribution in [0, 0.1) is 25.1 Å². The van der Waals surface area contributed by atoms with E-state index in [1.165, 1.54) is 44.2 Å². The van der Waals surface area contributed by atoms with E-state index in [0.717, 1.165) is 4.90 Å². The molecule has 3 unspecified atom stereocenters. The van der Waals surface area contributed by atoms with Crippen LogP contribution in [0.25, 0.3) is 0 Å². The molecule has 0 spiro atoms. The molecule has 0 radical (unpaired) electrons. The van der Waals surface area contributed by atoms with E-state index in [9.17, 15) is 37.1 Å². The van der Waals surface area contributed by atoms with Gasteiger partial charge in [-0.25, -0.2) is 13.2 Å². The monoisotopic (exact) mass is 745 g/mol. The number of allylic oxidation sites excluding steroid dienone is 2. The molecule has 3 aliphatic heterocycles. The van der Waals surface area contributed by atoms with Gasteiger partial charge in [0.25, 0.3) is 0 Å². The molecule has 2 N–H and O–H groups in total. The van der Waals surface area contributed by atoms with Gasteiger partial charge in [-0.3, -0.25) is 19.3 Å². The van der Waals surface area contributed by atoms with Crippen LogP contribution in [0.5, 0.6) is 5.75 Å². The fraction of sp³-hybridized carbons (Fsp3) is 0.462. The normalized spacial score (nSPS) is 28.2. The Morgan fingerprint density at radius 1 is 1.06 bits per heavy atom. The minimum atomic E-state index is -4.90. The van der Waals surface area contributed by atoms with Gasteiger partial charge in [0.15, 0.2) is 0 Å². The largest absolute Gasteiger partial charge is 0.485 e. The highest BCUT2D eigenvalue weighted by Crippen LogP contribution is 2.48. The molecule has 2 aromatic rings. The van der Waals surface area contributed by atoms with Crippen molar-refractivity contribution in [1.29, 1.82) is 0 Å². The number of aryl methyl sites for hydroxylation is 2. The Morgan fingerprint density at radius 3 is 2.40 bits per heavy atom. The molecular weight excluding hydrogens is 704 g/mol. The number of carbonyl (C=O) groups excluding carboxylic acids is 2. The summed E-state index contributed by atoms with van der Waals surface area (Å²) in [4.78, 5) is 43.3. The third-order valence-electron chi connectivity index (χ3n) is 11.2. The number of nitrogens with zero attached hydrogens (tertiary/aromatic N) is 2. The molecule has 2 aromatic carbocycles. The summed E-state index contributed by atoms with van der Waals surface area (Å²) < 4.78 is 95.2. The van der Waals surface area contributed by atoms with E-state index in [0.29, 0.717) is 17.2 Å². The minimum Gasteiger partial charge on any atom is -0.485 e. The number of likely N-dealkylation sites (tertiary alicyclic amines) is 1. The lowest BCUT2D eigenvalue weighted by atomic mass is 9.68. The third-order valence-corrected chi connectivity index (χ3v) is 11.2. The van der Waals surface area contributed by atoms with Gasteiger partial charge < -0.3 is 20.1 Å². The van der Waals surface area contributed by atoms with Crippen molar-refractivity contribution in [2.45, 2.75) is 83.4 Å². The Morgan fingerprint density at radius 2 is 1.75 bits per heavy atom. The second-order valence-corrected chi connectivity index (χ2v) is 15.1. The highest BCUT2D eigenvalue weighted by Gasteiger charge is 2.52. The molecule has 6 rings (SSSR count). The van der Waals surface area contributed by atoms with Crippen LogP contribution in [0.1, 0.15) is 73.5 Å². The van der Waals surface area contributed by atoms with Gasteiger partial charge in [-0.1, -0.05) is 19.1 Å². The number of hydrogen-bond donors (Lipinski definition) is 2. The van der Waals surface area contributed by atoms with Gasteiger partial charge in [0.05, 0.1) is 17.9 Å². The van der Waals surface area contributed by atoms with E-state index < -0.39 is 89.3 Å². The van der Waals surface area contributed by atoms with Crippen LogP contribution in [0.3, 0.4) is 0 Å². The number of nitrogens with one attached hydrogen (secondary N) is 1. The summed E-state index contributed by atoms with van der Waals surface area (Å²) in [5.41, 5.74) is -2.89. The molecule has 53 heavy (non-hydrogen) atoms. The quantitative estimate of drug-likeness (QED) is 0.309. The maximum absolute atomic E-state index is 16.1. The van der Waals surface area contributed by atoms with Crippen LogP contribution in [0.2, 0.25) is 0 Å². The van der Waals surface area contributed by atoms with E-state index in [-0.39, 0.29) is 54.1 Å². The lowest BCUT2D eigenvalue weighted by Gasteiger charge is -2.45. The molecule has 2 amide bonds. The summed E-state index contributed by atoms with van der Waals surface area (Å²) >= 11 is 0. The molecule has 1 aliphatic carbocycles. The molecule has 3 heterocycles. The number of ether oxygens (including phenoxy) is 1. The average molecular weight is 746 g/mol. The predicted molar refractivity (Wildman–Crippen MR) is 183 cm³/mol. The number of benzene rings is 2. The van der Waals surface area contributed by atoms with Gasteiger partial charge in [-0.05, 0) is 98.8 Å². The van der Waals surface area contributed by atoms with E-state index in [1.54, 1.807) is 37.8 Å². The zero-order chi connectivity index (χ0) is 38.8. The first-order valence-corrected chi connectivity index (χ1v) is 17.3. The zero-order valence-electron chi connectivity index (χ0n) is 29.9. The van der Waals surface area contributed by atoms with Crippen molar-refractivity contribution in [3.05, 3.63) is 99.2 Å². The summed E-state index contributed by atoms with van der Waals surface area (Å²) in [5.74, 6) is -4.65. The number of fused-ring (bicyclic) bond motifs is 6. The van der Waals surface area contributed by atoms with Gasteiger partial charge in [0, 0.05) is 42.3 Å². The number of halogens is 6. The van der Waals surface area contributed by atoms with Crippen molar-refractivity contribution in [3.63, 3.8) is 0 Å². The van der Waals surface area contributed by atoms with Crippen LogP contribution >= 0.6 is 0 Å². The van der Waals surface area contributed by atoms with Crippen molar-refractivity contribution in [2.24, 2.45) is 5.41 Å². The molecule has 4 aliphatic rings. The molecule has 0 aromatic heterocycles. The zero-order valence-corrected chi connectivity index (χ0v) is 29.9. The lowest BCUT2D eigenvalue weighted by molar-refractivity contribution is -0.146. The fourth-order valence-electron chi connectivity index (χ4n) is 8.00. The number of alkyl halides is 4. The topological polar surface area (TPSA) is 99.2 Å². The minimum absolute atomic E-state index is 0.0697. The standard InChI is InChI=1S/C39H41F6N3O5/c1-20-10-23-13-26(11-20)53-31-7-6-28(41)22(3)38(31,5)24-12-21(2)34(42)27(14-24)29(15-33(50)51)46-36(52)35(23)48-19-37(4,8-9-47-17-25(40)18-47)30(16-32(48)49)39(43,44)45/h6-7,10-14,16,25,29,31,35H,8-9,15,17-19H2,1-5H3,(H,46,52)(H,50,51)/t29-,31?,35-,37?,38?/m0/s1. The number of hydrogen-bond acceptors (Lipinski definition) is 5. The van der Waals surface area contributed by atoms with Crippen molar-refractivity contribution in [1.82, 2.24) is 15.1 Å². The van der Waals surface area contributed by atoms with E-state index in [4.69, 9.17) is 4.74 Å². The smallest absolute Gasteiger partial charge is 0.413 e. The van der Waals surface area contributed by atoms with E-state index in [1.807, 2.05) is 0 Å². The Kier molecular flexibility index (Phi) is 9.84. The SMILES string of the molecule is CC1=C(F)C=CC2Oc3cc(C)cc(c3)[C@H](N3CC(C)(CCN4CC(F)C4)C(C(F)(F)F)=CC3=O)C(=O)N[C@@H](CC(=O)O)c3cc(cc(C)c3F)C12C. The van der Waals surface area contributed by atoms with Gasteiger partial charge >= 0.3 is 12.1 Å². The maximum atomic E-state index is 16.1. The molecule has 4 bridgehead atoms. The van der Waals surface area contributed by atoms with Gasteiger partial charge in [-0.15, -0.1) is 0 Å². The first kappa shape index (κ1) is 38.1. The fourth-order valence-corrected chi connectivity index (χ4v) is 8.00. The van der Waals surface area contributed by atoms with Gasteiger partial charge in [0.1, 0.15) is 35.7 Å². The molecule has 0 saturated carbocycles. The Labute approximate surface area is 303 Å². The number of aliphatic carboxylic acids is 1. The Balaban J connectivity index is 1.53. The Hall–Kier alpha value is -4.59. The number of carboxylic acids is 1. The molecule has 5 atom stereocenters. The maximum Gasteiger partial charge on any atom is 0.413 e. The number of carboxylic acid groups (broad SMARTS) is 1. The lowest BCUT2D eigenvalue weighted by Crippen LogP contribution is -2.54. The van der Waals surface area contributed by atoms with Gasteiger partial charge in [0.2, 0.25) is 11.8 Å². The summed E-state index contributed by atoms with van der Waals surface area (Å²) in [6, 6.07) is 4.41. The predicted octanol–water partition coefficient (Wildman–Crippen LogP) is 7.03. The Bertz CT molecular complexity index is 1950. The molecule has 284 valence electrons. The number of carbonyl (C=O) groups is 3. The van der Waals surface area contributed by atoms with Crippen molar-refractivity contribution in [2.75, 3.05) is 26.2 Å². The van der Waals surface area contributed by atoms with Crippen LogP contribution in [0.15, 0.2) is 65.5 Å². The molecule has 1 saturated heterocycles. The number of rotatable bonds is 6. The van der Waals surface area contributed by atoms with E-state index in [2.05, 4.69) is 5.32 Å². The summed E-state index contributed by atoms with van der Waals surface area (Å²) in [5, 5.41) is 12.6. The van der Waals surface area contributed by atoms with Crippen LogP contribution in [-0.4, -0.2) is 77.3 Å². The third kappa shape index (κ3) is 7.09. The molecular formula is C39H41F6N3O5. The summed E-state index contributed by atoms with van der Waals surface area (Å²) in [6.07, 6.45) is -4.58. The second kappa shape index (κ2) is 13.7. The van der Waals surface area contributed by atoms with E-state index >= 15 is 8.78 Å². The summed E-state index contributed by atoms with van der Waals surface area (Å²) in [6.45, 7) is 7.42. The molecule has 8 nitrogen and oxygen atoms in total. The first-order chi connectivity index (χ1) is 24.7. The van der Waals surface area contributed by atoms with Crippen LogP contribution in [-0.2, 0) is 19.8 Å². The second-order valence-electron chi connectivity index (χ2n) is 15.1. The highest BCUT2D eigenvalue weighted by atomic mass is 19.4. The molecule has 1 fully saturated rings. The van der Waals surface area contributed by atoms with Crippen LogP contribution in [0.4, 0.5) is 26.3 Å². The van der Waals surface area contributed by atoms with Crippen molar-refractivity contribution < 1.29 is 50.6 Å². The highest BCUT2D eigenvalue weighted by molar-refractivity contribution is 5.95. The van der Waals surface area contributed by atoms with Crippen molar-refractivity contribution >= 4 is 17.8 Å².